The predicted molar refractivity (Wildman–Crippen MR) is 129 cm³/mol. The van der Waals surface area contributed by atoms with Crippen molar-refractivity contribution in [1.29, 1.82) is 0 Å². The Kier molecular flexibility index (Phi) is 6.54. The first-order valence-corrected chi connectivity index (χ1v) is 14.2. The topological polar surface area (TPSA) is 97.0 Å². The lowest BCUT2D eigenvalue weighted by Gasteiger charge is -2.57. The van der Waals surface area contributed by atoms with Gasteiger partial charge in [0.25, 0.3) is 0 Å². The van der Waals surface area contributed by atoms with E-state index in [0.29, 0.717) is 44.3 Å². The molecule has 1 atom stereocenters. The molecule has 1 amide bonds. The van der Waals surface area contributed by atoms with E-state index in [9.17, 15) is 13.2 Å². The maximum absolute atomic E-state index is 13.4. The van der Waals surface area contributed by atoms with Gasteiger partial charge < -0.3 is 20.1 Å². The molecule has 1 saturated heterocycles. The minimum atomic E-state index is -3.74. The number of carbonyl (C=O) groups excluding carboxylic acids is 1. The highest BCUT2D eigenvalue weighted by Gasteiger charge is 2.51. The molecule has 1 aliphatic heterocycles. The SMILES string of the molecule is CCOc1ccc(NC(C)C(=O)NC23CC4CC(CC(C4)C2)C3)cc1S(=O)(=O)N1CCOCC1. The number of ether oxygens (including phenoxy) is 2. The van der Waals surface area contributed by atoms with Crippen molar-refractivity contribution < 1.29 is 22.7 Å². The molecule has 4 saturated carbocycles. The monoisotopic (exact) mass is 491 g/mol. The van der Waals surface area contributed by atoms with Crippen molar-refractivity contribution in [3.8, 4) is 5.75 Å². The van der Waals surface area contributed by atoms with Crippen LogP contribution < -0.4 is 15.4 Å². The Morgan fingerprint density at radius 3 is 2.35 bits per heavy atom. The van der Waals surface area contributed by atoms with Crippen molar-refractivity contribution in [1.82, 2.24) is 9.62 Å². The molecule has 5 aliphatic rings. The zero-order valence-electron chi connectivity index (χ0n) is 20.2. The Hall–Kier alpha value is -1.84. The number of morpholine rings is 1. The number of anilines is 1. The lowest BCUT2D eigenvalue weighted by atomic mass is 9.53. The Bertz CT molecular complexity index is 986. The highest BCUT2D eigenvalue weighted by molar-refractivity contribution is 7.89. The van der Waals surface area contributed by atoms with Crippen LogP contribution >= 0.6 is 0 Å². The van der Waals surface area contributed by atoms with Gasteiger partial charge in [0.15, 0.2) is 0 Å². The van der Waals surface area contributed by atoms with Crippen LogP contribution in [0.15, 0.2) is 23.1 Å². The molecular weight excluding hydrogens is 454 g/mol. The largest absolute Gasteiger partial charge is 0.492 e. The zero-order chi connectivity index (χ0) is 23.9. The number of nitrogens with one attached hydrogen (secondary N) is 2. The summed E-state index contributed by atoms with van der Waals surface area (Å²) < 4.78 is 39.1. The Labute approximate surface area is 202 Å². The molecule has 6 rings (SSSR count). The third-order valence-corrected chi connectivity index (χ3v) is 9.95. The third-order valence-electron chi connectivity index (χ3n) is 8.03. The van der Waals surface area contributed by atoms with Gasteiger partial charge in [0.05, 0.1) is 19.8 Å². The summed E-state index contributed by atoms with van der Waals surface area (Å²) in [6, 6.07) is 4.55. The number of hydrogen-bond donors (Lipinski definition) is 2. The first-order valence-electron chi connectivity index (χ1n) is 12.7. The van der Waals surface area contributed by atoms with Crippen LogP contribution in [0.3, 0.4) is 0 Å². The molecule has 8 nitrogen and oxygen atoms in total. The van der Waals surface area contributed by atoms with Crippen molar-refractivity contribution in [2.24, 2.45) is 17.8 Å². The molecule has 1 aromatic rings. The van der Waals surface area contributed by atoms with Gasteiger partial charge in [0.2, 0.25) is 15.9 Å². The first kappa shape index (κ1) is 23.9. The average Bonchev–Trinajstić information content (AvgIpc) is 2.79. The molecule has 0 spiro atoms. The first-order chi connectivity index (χ1) is 16.3. The minimum absolute atomic E-state index is 0.0200. The van der Waals surface area contributed by atoms with Crippen molar-refractivity contribution in [2.75, 3.05) is 38.2 Å². The highest BCUT2D eigenvalue weighted by atomic mass is 32.2. The fourth-order valence-electron chi connectivity index (χ4n) is 6.95. The number of sulfonamides is 1. The minimum Gasteiger partial charge on any atom is -0.492 e. The van der Waals surface area contributed by atoms with Crippen LogP contribution in [0.25, 0.3) is 0 Å². The molecule has 1 aromatic carbocycles. The molecule has 4 bridgehead atoms. The van der Waals surface area contributed by atoms with Gasteiger partial charge in [-0.15, -0.1) is 0 Å². The molecular formula is C25H37N3O5S. The number of amides is 1. The maximum atomic E-state index is 13.4. The van der Waals surface area contributed by atoms with Crippen LogP contribution in [-0.4, -0.2) is 63.1 Å². The summed E-state index contributed by atoms with van der Waals surface area (Å²) in [5.41, 5.74) is 0.536. The number of nitrogens with zero attached hydrogens (tertiary/aromatic N) is 1. The number of carbonyl (C=O) groups is 1. The van der Waals surface area contributed by atoms with E-state index in [1.807, 2.05) is 13.8 Å². The molecule has 2 N–H and O–H groups in total. The van der Waals surface area contributed by atoms with Gasteiger partial charge in [-0.2, -0.15) is 4.31 Å². The van der Waals surface area contributed by atoms with E-state index < -0.39 is 16.1 Å². The summed E-state index contributed by atoms with van der Waals surface area (Å²) in [6.07, 6.45) is 7.29. The van der Waals surface area contributed by atoms with E-state index in [4.69, 9.17) is 9.47 Å². The normalized spacial score (nSPS) is 31.8. The molecule has 4 aliphatic carbocycles. The van der Waals surface area contributed by atoms with Gasteiger partial charge in [-0.25, -0.2) is 8.42 Å². The molecule has 5 fully saturated rings. The van der Waals surface area contributed by atoms with Crippen molar-refractivity contribution in [3.63, 3.8) is 0 Å². The van der Waals surface area contributed by atoms with Crippen LogP contribution in [0.1, 0.15) is 52.4 Å². The van der Waals surface area contributed by atoms with Crippen molar-refractivity contribution >= 4 is 21.6 Å². The van der Waals surface area contributed by atoms with Gasteiger partial charge in [0.1, 0.15) is 16.7 Å². The molecule has 9 heteroatoms. The summed E-state index contributed by atoms with van der Waals surface area (Å²) in [5, 5.41) is 6.64. The van der Waals surface area contributed by atoms with Gasteiger partial charge in [-0.05, 0) is 88.3 Å². The zero-order valence-corrected chi connectivity index (χ0v) is 21.0. The van der Waals surface area contributed by atoms with Crippen LogP contribution in [0, 0.1) is 17.8 Å². The average molecular weight is 492 g/mol. The lowest BCUT2D eigenvalue weighted by molar-refractivity contribution is -0.127. The fourth-order valence-corrected chi connectivity index (χ4v) is 8.51. The summed E-state index contributed by atoms with van der Waals surface area (Å²) in [6.45, 7) is 5.41. The molecule has 0 aromatic heterocycles. The van der Waals surface area contributed by atoms with Crippen LogP contribution in [0.2, 0.25) is 0 Å². The number of rotatable bonds is 8. The Morgan fingerprint density at radius 2 is 1.76 bits per heavy atom. The smallest absolute Gasteiger partial charge is 0.246 e. The van der Waals surface area contributed by atoms with Crippen LogP contribution in [0.4, 0.5) is 5.69 Å². The second-order valence-corrected chi connectivity index (χ2v) is 12.6. The van der Waals surface area contributed by atoms with Gasteiger partial charge in [0, 0.05) is 24.3 Å². The lowest BCUT2D eigenvalue weighted by Crippen LogP contribution is -2.61. The van der Waals surface area contributed by atoms with E-state index in [1.165, 1.54) is 23.6 Å². The standard InChI is InChI=1S/C25H37N3O5S/c1-3-33-22-5-4-21(13-23(22)34(30,31)28-6-8-32-9-7-28)26-17(2)24(29)27-25-14-18-10-19(15-25)12-20(11-18)16-25/h4-5,13,17-20,26H,3,6-12,14-16H2,1-2H3,(H,27,29). The van der Waals surface area contributed by atoms with E-state index in [-0.39, 0.29) is 16.3 Å². The predicted octanol–water partition coefficient (Wildman–Crippen LogP) is 2.99. The maximum Gasteiger partial charge on any atom is 0.246 e. The molecule has 0 radical (unpaired) electrons. The van der Waals surface area contributed by atoms with E-state index >= 15 is 0 Å². The highest BCUT2D eigenvalue weighted by Crippen LogP contribution is 2.55. The Balaban J connectivity index is 1.31. The Morgan fingerprint density at radius 1 is 1.15 bits per heavy atom. The van der Waals surface area contributed by atoms with Crippen molar-refractivity contribution in [2.45, 2.75) is 68.8 Å². The van der Waals surface area contributed by atoms with Crippen LogP contribution in [-0.2, 0) is 19.6 Å². The van der Waals surface area contributed by atoms with Gasteiger partial charge in [-0.1, -0.05) is 0 Å². The van der Waals surface area contributed by atoms with E-state index in [2.05, 4.69) is 10.6 Å². The second kappa shape index (κ2) is 9.32. The van der Waals surface area contributed by atoms with Crippen molar-refractivity contribution in [3.05, 3.63) is 18.2 Å². The second-order valence-electron chi connectivity index (χ2n) is 10.7. The molecule has 188 valence electrons. The third kappa shape index (κ3) is 4.66. The summed E-state index contributed by atoms with van der Waals surface area (Å²) in [5.74, 6) is 2.58. The fraction of sp³-hybridized carbons (Fsp3) is 0.720. The summed E-state index contributed by atoms with van der Waals surface area (Å²) in [4.78, 5) is 13.3. The molecule has 1 unspecified atom stereocenters. The van der Waals surface area contributed by atoms with Gasteiger partial charge >= 0.3 is 0 Å². The van der Waals surface area contributed by atoms with E-state index in [0.717, 1.165) is 37.0 Å². The number of benzene rings is 1. The quantitative estimate of drug-likeness (QED) is 0.580. The van der Waals surface area contributed by atoms with Crippen LogP contribution in [0.5, 0.6) is 5.75 Å². The van der Waals surface area contributed by atoms with Gasteiger partial charge in [-0.3, -0.25) is 4.79 Å². The van der Waals surface area contributed by atoms with E-state index in [1.54, 1.807) is 18.2 Å². The molecule has 1 heterocycles. The summed E-state index contributed by atoms with van der Waals surface area (Å²) >= 11 is 0. The molecule has 34 heavy (non-hydrogen) atoms. The number of hydrogen-bond acceptors (Lipinski definition) is 6. The summed E-state index contributed by atoms with van der Waals surface area (Å²) in [7, 11) is -3.74.